The van der Waals surface area contributed by atoms with Gasteiger partial charge in [-0.25, -0.2) is 9.37 Å². The van der Waals surface area contributed by atoms with Crippen LogP contribution >= 0.6 is 23.2 Å². The Labute approximate surface area is 178 Å². The largest absolute Gasteiger partial charge is 0.482 e. The maximum atomic E-state index is 13.9. The monoisotopic (exact) mass is 432 g/mol. The molecule has 0 aliphatic heterocycles. The first-order valence-corrected chi connectivity index (χ1v) is 9.97. The number of aromatic nitrogens is 1. The number of hydrogen-bond acceptors (Lipinski definition) is 4. The molecule has 1 heterocycles. The third-order valence-electron chi connectivity index (χ3n) is 5.19. The maximum absolute atomic E-state index is 13.9. The number of hydrogen-bond donors (Lipinski definition) is 2. The van der Waals surface area contributed by atoms with Crippen molar-refractivity contribution < 1.29 is 14.2 Å². The number of ether oxygens (including phenoxy) is 1. The minimum absolute atomic E-state index is 0.0788. The number of aryl methyl sites for hydroxylation is 1. The number of fused-ring (bicyclic) bond motifs is 1. The Morgan fingerprint density at radius 3 is 2.79 bits per heavy atom. The molecule has 4 nitrogen and oxygen atoms in total. The van der Waals surface area contributed by atoms with Crippen LogP contribution in [-0.4, -0.2) is 10.1 Å². The predicted octanol–water partition coefficient (Wildman–Crippen LogP) is 5.90. The minimum Gasteiger partial charge on any atom is -0.482 e. The van der Waals surface area contributed by atoms with E-state index >= 15 is 0 Å². The zero-order chi connectivity index (χ0) is 20.7. The van der Waals surface area contributed by atoms with E-state index in [0.29, 0.717) is 16.3 Å². The Bertz CT molecular complexity index is 1090. The number of pyridine rings is 1. The van der Waals surface area contributed by atoms with Crippen LogP contribution in [0.4, 0.5) is 10.2 Å². The molecule has 7 heteroatoms. The molecule has 1 aliphatic rings. The first-order chi connectivity index (χ1) is 13.8. The highest BCUT2D eigenvalue weighted by Gasteiger charge is 2.22. The number of rotatable bonds is 4. The van der Waals surface area contributed by atoms with Gasteiger partial charge >= 0.3 is 0 Å². The highest BCUT2D eigenvalue weighted by molar-refractivity contribution is 6.36. The normalized spacial score (nSPS) is 16.5. The van der Waals surface area contributed by atoms with Gasteiger partial charge in [0, 0.05) is 22.3 Å². The van der Waals surface area contributed by atoms with E-state index in [4.69, 9.17) is 33.7 Å². The molecule has 2 aromatic carbocycles. The molecule has 150 valence electrons. The van der Waals surface area contributed by atoms with Crippen molar-refractivity contribution in [1.82, 2.24) is 4.98 Å². The molecule has 0 saturated heterocycles. The van der Waals surface area contributed by atoms with Crippen LogP contribution in [0, 0.1) is 5.82 Å². The number of nitrogens with two attached hydrogens (primary N) is 1. The van der Waals surface area contributed by atoms with E-state index in [1.807, 2.05) is 18.2 Å². The van der Waals surface area contributed by atoms with Gasteiger partial charge in [-0.05, 0) is 54.7 Å². The quantitative estimate of drug-likeness (QED) is 0.503. The Kier molecular flexibility index (Phi) is 5.38. The summed E-state index contributed by atoms with van der Waals surface area (Å²) in [4.78, 5) is 4.24. The second kappa shape index (κ2) is 7.82. The summed E-state index contributed by atoms with van der Waals surface area (Å²) in [7, 11) is 0. The van der Waals surface area contributed by atoms with Crippen molar-refractivity contribution in [2.45, 2.75) is 32.0 Å². The summed E-state index contributed by atoms with van der Waals surface area (Å²) in [5.41, 5.74) is 10.2. The lowest BCUT2D eigenvalue weighted by Crippen LogP contribution is -2.08. The average Bonchev–Trinajstić information content (AvgIpc) is 3.07. The summed E-state index contributed by atoms with van der Waals surface area (Å²) >= 11 is 12.3. The van der Waals surface area contributed by atoms with Crippen LogP contribution in [0.2, 0.25) is 10.0 Å². The van der Waals surface area contributed by atoms with Crippen LogP contribution in [0.15, 0.2) is 42.6 Å². The average molecular weight is 433 g/mol. The van der Waals surface area contributed by atoms with E-state index in [1.54, 1.807) is 19.2 Å². The first kappa shape index (κ1) is 20.0. The van der Waals surface area contributed by atoms with E-state index in [2.05, 4.69) is 4.98 Å². The smallest absolute Gasteiger partial charge is 0.166 e. The highest BCUT2D eigenvalue weighted by Crippen LogP contribution is 2.38. The van der Waals surface area contributed by atoms with Crippen molar-refractivity contribution in [2.24, 2.45) is 0 Å². The van der Waals surface area contributed by atoms with Crippen molar-refractivity contribution >= 4 is 29.0 Å². The molecule has 3 aromatic rings. The number of aliphatic hydroxyl groups excluding tert-OH is 1. The number of aliphatic hydroxyl groups is 1. The molecule has 0 bridgehead atoms. The summed E-state index contributed by atoms with van der Waals surface area (Å²) in [5, 5.41) is 10.2. The van der Waals surface area contributed by atoms with Gasteiger partial charge in [-0.3, -0.25) is 0 Å². The molecular formula is C22H19Cl2FN2O2. The van der Waals surface area contributed by atoms with Crippen LogP contribution < -0.4 is 10.5 Å². The molecule has 1 unspecified atom stereocenters. The number of benzene rings is 2. The SMILES string of the molecule is C[C@@H](Oc1cc(-c2ccc3c(c2)CCC3O)cnc1N)c1c(Cl)ccc(F)c1Cl. The van der Waals surface area contributed by atoms with Gasteiger partial charge in [-0.15, -0.1) is 0 Å². The van der Waals surface area contributed by atoms with Crippen molar-refractivity contribution in [2.75, 3.05) is 5.73 Å². The molecule has 29 heavy (non-hydrogen) atoms. The van der Waals surface area contributed by atoms with Crippen LogP contribution in [0.3, 0.4) is 0 Å². The van der Waals surface area contributed by atoms with Gasteiger partial charge in [0.1, 0.15) is 11.9 Å². The first-order valence-electron chi connectivity index (χ1n) is 9.22. The van der Waals surface area contributed by atoms with Crippen LogP contribution in [0.1, 0.15) is 42.2 Å². The topological polar surface area (TPSA) is 68.4 Å². The summed E-state index contributed by atoms with van der Waals surface area (Å²) in [6.07, 6.45) is 2.20. The van der Waals surface area contributed by atoms with Crippen molar-refractivity contribution in [3.05, 3.63) is 75.1 Å². The molecule has 3 N–H and O–H groups in total. The van der Waals surface area contributed by atoms with Gasteiger partial charge in [0.2, 0.25) is 0 Å². The summed E-state index contributed by atoms with van der Waals surface area (Å²) in [6, 6.07) is 10.4. The second-order valence-corrected chi connectivity index (χ2v) is 7.88. The number of nitrogen functional groups attached to an aromatic ring is 1. The van der Waals surface area contributed by atoms with Crippen LogP contribution in [0.25, 0.3) is 11.1 Å². The fourth-order valence-corrected chi connectivity index (χ4v) is 4.32. The minimum atomic E-state index is -0.639. The lowest BCUT2D eigenvalue weighted by molar-refractivity contribution is 0.180. The van der Waals surface area contributed by atoms with Gasteiger partial charge in [0.25, 0.3) is 0 Å². The lowest BCUT2D eigenvalue weighted by atomic mass is 10.0. The lowest BCUT2D eigenvalue weighted by Gasteiger charge is -2.19. The third-order valence-corrected chi connectivity index (χ3v) is 5.91. The number of nitrogens with zero attached hydrogens (tertiary/aromatic N) is 1. The Morgan fingerprint density at radius 1 is 1.21 bits per heavy atom. The van der Waals surface area contributed by atoms with E-state index in [0.717, 1.165) is 35.1 Å². The van der Waals surface area contributed by atoms with Gasteiger partial charge in [0.05, 0.1) is 11.1 Å². The second-order valence-electron chi connectivity index (χ2n) is 7.09. The predicted molar refractivity (Wildman–Crippen MR) is 113 cm³/mol. The molecule has 0 radical (unpaired) electrons. The van der Waals surface area contributed by atoms with Crippen molar-refractivity contribution in [3.8, 4) is 16.9 Å². The van der Waals surface area contributed by atoms with Gasteiger partial charge < -0.3 is 15.6 Å². The molecule has 4 rings (SSSR count). The van der Waals surface area contributed by atoms with Gasteiger partial charge in [-0.1, -0.05) is 41.4 Å². The standard InChI is InChI=1S/C22H19Cl2FN2O2/c1-11(20-16(23)5-6-17(25)21(20)24)29-19-9-14(10-27-22(19)26)12-2-4-15-13(8-12)3-7-18(15)28/h2,4-6,8-11,18,28H,3,7H2,1H3,(H2,26,27)/t11-,18?/m1/s1. The van der Waals surface area contributed by atoms with Crippen LogP contribution in [0.5, 0.6) is 5.75 Å². The maximum Gasteiger partial charge on any atom is 0.166 e. The third kappa shape index (κ3) is 3.78. The molecule has 0 spiro atoms. The Hall–Kier alpha value is -2.34. The van der Waals surface area contributed by atoms with Crippen molar-refractivity contribution in [3.63, 3.8) is 0 Å². The van der Waals surface area contributed by atoms with E-state index in [9.17, 15) is 9.50 Å². The van der Waals surface area contributed by atoms with E-state index in [1.165, 1.54) is 12.1 Å². The molecule has 1 aromatic heterocycles. The Balaban J connectivity index is 1.66. The highest BCUT2D eigenvalue weighted by atomic mass is 35.5. The molecule has 0 fully saturated rings. The van der Waals surface area contributed by atoms with E-state index < -0.39 is 18.0 Å². The summed E-state index contributed by atoms with van der Waals surface area (Å²) < 4.78 is 19.8. The fourth-order valence-electron chi connectivity index (χ4n) is 3.65. The summed E-state index contributed by atoms with van der Waals surface area (Å²) in [6.45, 7) is 1.72. The zero-order valence-electron chi connectivity index (χ0n) is 15.6. The van der Waals surface area contributed by atoms with Gasteiger partial charge in [-0.2, -0.15) is 0 Å². The fraction of sp³-hybridized carbons (Fsp3) is 0.227. The molecule has 0 saturated carbocycles. The van der Waals surface area contributed by atoms with Crippen molar-refractivity contribution in [1.29, 1.82) is 0 Å². The van der Waals surface area contributed by atoms with E-state index in [-0.39, 0.29) is 10.8 Å². The molecule has 2 atom stereocenters. The summed E-state index contributed by atoms with van der Waals surface area (Å²) in [5.74, 6) is -0.00514. The Morgan fingerprint density at radius 2 is 2.00 bits per heavy atom. The van der Waals surface area contributed by atoms with Gasteiger partial charge in [0.15, 0.2) is 11.6 Å². The molecule has 1 aliphatic carbocycles. The number of halogens is 3. The molecule has 0 amide bonds. The zero-order valence-corrected chi connectivity index (χ0v) is 17.1. The molecular weight excluding hydrogens is 414 g/mol. The number of anilines is 1. The van der Waals surface area contributed by atoms with Crippen LogP contribution in [-0.2, 0) is 6.42 Å².